The van der Waals surface area contributed by atoms with E-state index in [-0.39, 0.29) is 12.1 Å². The molecule has 41 heavy (non-hydrogen) atoms. The van der Waals surface area contributed by atoms with E-state index in [1.54, 1.807) is 6.07 Å². The lowest BCUT2D eigenvalue weighted by Gasteiger charge is -2.33. The second-order valence-electron chi connectivity index (χ2n) is 11.1. The maximum absolute atomic E-state index is 10.8. The summed E-state index contributed by atoms with van der Waals surface area (Å²) in [5, 5.41) is 8.80. The molecule has 0 amide bonds. The Labute approximate surface area is 244 Å². The summed E-state index contributed by atoms with van der Waals surface area (Å²) >= 11 is 0. The van der Waals surface area contributed by atoms with Crippen molar-refractivity contribution in [3.05, 3.63) is 119 Å². The molecule has 0 spiro atoms. The van der Waals surface area contributed by atoms with Crippen LogP contribution in [-0.4, -0.2) is 40.8 Å². The summed E-state index contributed by atoms with van der Waals surface area (Å²) in [6.07, 6.45) is 4.25. The summed E-state index contributed by atoms with van der Waals surface area (Å²) in [4.78, 5) is 13.4. The van der Waals surface area contributed by atoms with Crippen molar-refractivity contribution in [1.29, 1.82) is 0 Å². The largest absolute Gasteiger partial charge is 0.429 e. The van der Waals surface area contributed by atoms with Crippen LogP contribution in [0.3, 0.4) is 0 Å². The molecule has 1 N–H and O–H groups in total. The molecule has 1 unspecified atom stereocenters. The normalized spacial score (nSPS) is 15.9. The molecule has 4 aromatic rings. The number of hydrogen-bond donors (Lipinski definition) is 1. The molecule has 214 valence electrons. The number of likely N-dealkylation sites (tertiary alicyclic amines) is 1. The van der Waals surface area contributed by atoms with E-state index in [1.165, 1.54) is 35.4 Å². The van der Waals surface area contributed by atoms with Gasteiger partial charge < -0.3 is 15.0 Å². The number of nitrogens with one attached hydrogen (secondary N) is 1. The average Bonchev–Trinajstić information content (AvgIpc) is 3.43. The van der Waals surface area contributed by atoms with Crippen LogP contribution in [0, 0.1) is 0 Å². The first-order valence-electron chi connectivity index (χ1n) is 15.0. The molecule has 0 bridgehead atoms. The lowest BCUT2D eigenvalue weighted by Crippen LogP contribution is -2.36. The molecule has 3 aromatic carbocycles. The molecule has 1 aliphatic rings. The summed E-state index contributed by atoms with van der Waals surface area (Å²) in [5.74, 6) is 1.13. The topological polar surface area (TPSA) is 59.4 Å². The number of aryl methyl sites for hydroxylation is 1. The van der Waals surface area contributed by atoms with Crippen molar-refractivity contribution in [2.24, 2.45) is 0 Å². The summed E-state index contributed by atoms with van der Waals surface area (Å²) in [6, 6.07) is 31.8. The van der Waals surface area contributed by atoms with Crippen LogP contribution in [0.2, 0.25) is 0 Å². The second-order valence-corrected chi connectivity index (χ2v) is 11.1. The van der Waals surface area contributed by atoms with Crippen LogP contribution in [0.1, 0.15) is 79.2 Å². The summed E-state index contributed by atoms with van der Waals surface area (Å²) < 4.78 is 7.30. The molecule has 1 fully saturated rings. The highest BCUT2D eigenvalue weighted by atomic mass is 16.5. The Balaban J connectivity index is 1.19. The molecule has 0 saturated carbocycles. The highest BCUT2D eigenvalue weighted by molar-refractivity contribution is 5.46. The van der Waals surface area contributed by atoms with E-state index in [4.69, 9.17) is 9.84 Å². The molecule has 1 aromatic heterocycles. The summed E-state index contributed by atoms with van der Waals surface area (Å²) in [5.41, 5.74) is 6.28. The van der Waals surface area contributed by atoms with Gasteiger partial charge in [0.25, 0.3) is 6.47 Å². The number of carbonyl (C=O) groups excluding carboxylic acids is 1. The Morgan fingerprint density at radius 1 is 0.951 bits per heavy atom. The lowest BCUT2D eigenvalue weighted by atomic mass is 9.92. The number of rotatable bonds is 13. The van der Waals surface area contributed by atoms with Crippen LogP contribution in [-0.2, 0) is 17.8 Å². The average molecular weight is 551 g/mol. The van der Waals surface area contributed by atoms with E-state index in [2.05, 4.69) is 102 Å². The number of ether oxygens (including phenoxy) is 1. The van der Waals surface area contributed by atoms with Crippen LogP contribution in [0.15, 0.2) is 91.0 Å². The van der Waals surface area contributed by atoms with Crippen molar-refractivity contribution in [2.45, 2.75) is 64.1 Å². The summed E-state index contributed by atoms with van der Waals surface area (Å²) in [6.45, 7) is 9.02. The fourth-order valence-corrected chi connectivity index (χ4v) is 6.07. The van der Waals surface area contributed by atoms with Crippen LogP contribution < -0.4 is 10.1 Å². The van der Waals surface area contributed by atoms with Gasteiger partial charge in [-0.25, -0.2) is 0 Å². The third-order valence-electron chi connectivity index (χ3n) is 8.32. The minimum absolute atomic E-state index is 0.112. The standard InChI is InChI=1S/C35H42N4O2/c1-3-39-35(25-32(37-39)23-28-11-6-4-7-12-28)30-17-20-38(21-18-30)22-19-34(29-13-8-5-9-14-29)36-27(2)31-15-10-16-33(24-31)41-26-40/h4-16,24-27,30,34,36H,3,17-23H2,1-2H3/t27?,34-/m0/s1. The highest BCUT2D eigenvalue weighted by Gasteiger charge is 2.25. The van der Waals surface area contributed by atoms with Crippen molar-refractivity contribution in [1.82, 2.24) is 20.0 Å². The van der Waals surface area contributed by atoms with Gasteiger partial charge in [0, 0.05) is 36.7 Å². The van der Waals surface area contributed by atoms with E-state index >= 15 is 0 Å². The molecule has 0 aliphatic carbocycles. The van der Waals surface area contributed by atoms with Crippen LogP contribution >= 0.6 is 0 Å². The Hall–Kier alpha value is -3.74. The third kappa shape index (κ3) is 7.72. The Morgan fingerprint density at radius 2 is 1.66 bits per heavy atom. The quantitative estimate of drug-likeness (QED) is 0.188. The third-order valence-corrected chi connectivity index (χ3v) is 8.32. The number of nitrogens with zero attached hydrogens (tertiary/aromatic N) is 3. The van der Waals surface area contributed by atoms with Crippen LogP contribution in [0.5, 0.6) is 5.75 Å². The monoisotopic (exact) mass is 550 g/mol. The number of benzene rings is 3. The number of hydrogen-bond acceptors (Lipinski definition) is 5. The van der Waals surface area contributed by atoms with Crippen LogP contribution in [0.4, 0.5) is 0 Å². The maximum atomic E-state index is 10.8. The molecule has 1 aliphatic heterocycles. The zero-order valence-electron chi connectivity index (χ0n) is 24.3. The van der Waals surface area contributed by atoms with Gasteiger partial charge in [0.2, 0.25) is 0 Å². The van der Waals surface area contributed by atoms with E-state index in [0.29, 0.717) is 18.1 Å². The molecule has 2 atom stereocenters. The Kier molecular flexibility index (Phi) is 10.00. The van der Waals surface area contributed by atoms with Crippen molar-refractivity contribution < 1.29 is 9.53 Å². The van der Waals surface area contributed by atoms with E-state index in [1.807, 2.05) is 12.1 Å². The van der Waals surface area contributed by atoms with Gasteiger partial charge in [-0.15, -0.1) is 0 Å². The number of aromatic nitrogens is 2. The second kappa shape index (κ2) is 14.2. The van der Waals surface area contributed by atoms with Crippen molar-refractivity contribution in [3.63, 3.8) is 0 Å². The maximum Gasteiger partial charge on any atom is 0.298 e. The molecule has 2 heterocycles. The molecule has 1 saturated heterocycles. The SMILES string of the molecule is CCn1nc(Cc2ccccc2)cc1C1CCN(CC[C@H](NC(C)c2cccc(OC=O)c2)c2ccccc2)CC1. The number of piperidine rings is 1. The Bertz CT molecular complexity index is 1360. The lowest BCUT2D eigenvalue weighted by molar-refractivity contribution is -0.120. The van der Waals surface area contributed by atoms with Gasteiger partial charge in [0.15, 0.2) is 0 Å². The van der Waals surface area contributed by atoms with Crippen molar-refractivity contribution >= 4 is 6.47 Å². The van der Waals surface area contributed by atoms with Gasteiger partial charge in [-0.3, -0.25) is 9.48 Å². The van der Waals surface area contributed by atoms with Gasteiger partial charge in [0.05, 0.1) is 5.69 Å². The fraction of sp³-hybridized carbons (Fsp3) is 0.371. The van der Waals surface area contributed by atoms with Crippen molar-refractivity contribution in [3.8, 4) is 5.75 Å². The van der Waals surface area contributed by atoms with Gasteiger partial charge in [0.1, 0.15) is 5.75 Å². The molecule has 0 radical (unpaired) electrons. The first-order valence-corrected chi connectivity index (χ1v) is 15.0. The van der Waals surface area contributed by atoms with Crippen molar-refractivity contribution in [2.75, 3.05) is 19.6 Å². The molecule has 5 rings (SSSR count). The first-order chi connectivity index (χ1) is 20.1. The molecule has 6 heteroatoms. The van der Waals surface area contributed by atoms with Gasteiger partial charge >= 0.3 is 0 Å². The Morgan fingerprint density at radius 3 is 2.37 bits per heavy atom. The predicted molar refractivity (Wildman–Crippen MR) is 164 cm³/mol. The fourth-order valence-electron chi connectivity index (χ4n) is 6.07. The number of carbonyl (C=O) groups is 1. The van der Waals surface area contributed by atoms with Crippen LogP contribution in [0.25, 0.3) is 0 Å². The minimum atomic E-state index is 0.112. The highest BCUT2D eigenvalue weighted by Crippen LogP contribution is 2.31. The van der Waals surface area contributed by atoms with E-state index in [9.17, 15) is 4.79 Å². The smallest absolute Gasteiger partial charge is 0.298 e. The molecule has 6 nitrogen and oxygen atoms in total. The van der Waals surface area contributed by atoms with E-state index in [0.717, 1.165) is 44.6 Å². The first kappa shape index (κ1) is 28.8. The van der Waals surface area contributed by atoms with Gasteiger partial charge in [-0.05, 0) is 87.6 Å². The zero-order valence-corrected chi connectivity index (χ0v) is 24.3. The van der Waals surface area contributed by atoms with Gasteiger partial charge in [-0.1, -0.05) is 72.8 Å². The minimum Gasteiger partial charge on any atom is -0.429 e. The van der Waals surface area contributed by atoms with E-state index < -0.39 is 0 Å². The molecular weight excluding hydrogens is 508 g/mol. The molecular formula is C35H42N4O2. The summed E-state index contributed by atoms with van der Waals surface area (Å²) in [7, 11) is 0. The predicted octanol–water partition coefficient (Wildman–Crippen LogP) is 6.69. The van der Waals surface area contributed by atoms with Gasteiger partial charge in [-0.2, -0.15) is 5.10 Å². The zero-order chi connectivity index (χ0) is 28.4.